The highest BCUT2D eigenvalue weighted by Crippen LogP contribution is 2.29. The van der Waals surface area contributed by atoms with E-state index >= 15 is 0 Å². The number of benzene rings is 2. The number of aromatic carboxylic acids is 2. The third-order valence-electron chi connectivity index (χ3n) is 5.45. The standard InChI is InChI=1S/C29H22N2O8/c32-26(12-8-20-4-1-2-14-38-20)30-24-10-6-18(16-22(24)28(34)35)19-7-11-25(23(17-19)29(36)37)31-27(33)13-9-21-5-3-15-39-21/h2-17H,1H2,(H,30,32)(H,31,33)(H,34,35)(H,36,37)/b12-8-,13-9-. The maximum absolute atomic E-state index is 12.3. The lowest BCUT2D eigenvalue weighted by atomic mass is 9.99. The van der Waals surface area contributed by atoms with Gasteiger partial charge in [-0.1, -0.05) is 12.1 Å². The van der Waals surface area contributed by atoms with Crippen molar-refractivity contribution in [2.24, 2.45) is 0 Å². The van der Waals surface area contributed by atoms with E-state index in [4.69, 9.17) is 9.15 Å². The highest BCUT2D eigenvalue weighted by atomic mass is 16.5. The number of ether oxygens (including phenoxy) is 1. The van der Waals surface area contributed by atoms with Gasteiger partial charge in [0.15, 0.2) is 0 Å². The van der Waals surface area contributed by atoms with E-state index < -0.39 is 23.8 Å². The Hall–Kier alpha value is -5.64. The van der Waals surface area contributed by atoms with Crippen LogP contribution in [0.2, 0.25) is 0 Å². The Kier molecular flexibility index (Phi) is 8.17. The Bertz CT molecular complexity index is 1550. The molecule has 10 heteroatoms. The predicted molar refractivity (Wildman–Crippen MR) is 143 cm³/mol. The van der Waals surface area contributed by atoms with Crippen molar-refractivity contribution in [2.45, 2.75) is 6.42 Å². The van der Waals surface area contributed by atoms with E-state index in [0.717, 1.165) is 0 Å². The molecule has 196 valence electrons. The summed E-state index contributed by atoms with van der Waals surface area (Å²) in [6.45, 7) is 0. The minimum Gasteiger partial charge on any atom is -0.478 e. The SMILES string of the molecule is O=C(/C=C\C1=CCC=CO1)Nc1ccc(-c2ccc(NC(=O)/C=C\c3ccco3)c(C(=O)O)c2)cc1C(=O)O. The molecule has 0 spiro atoms. The van der Waals surface area contributed by atoms with Crippen LogP contribution in [0, 0.1) is 0 Å². The smallest absolute Gasteiger partial charge is 0.337 e. The maximum atomic E-state index is 12.3. The molecule has 0 atom stereocenters. The summed E-state index contributed by atoms with van der Waals surface area (Å²) in [5.41, 5.74) is 0.522. The Balaban J connectivity index is 1.54. The minimum absolute atomic E-state index is 0.0574. The topological polar surface area (TPSA) is 155 Å². The zero-order chi connectivity index (χ0) is 27.8. The molecule has 4 N–H and O–H groups in total. The second kappa shape index (κ2) is 12.1. The first kappa shape index (κ1) is 26.4. The Morgan fingerprint density at radius 1 is 0.795 bits per heavy atom. The van der Waals surface area contributed by atoms with Crippen molar-refractivity contribution < 1.29 is 38.5 Å². The van der Waals surface area contributed by atoms with Crippen LogP contribution in [0.3, 0.4) is 0 Å². The van der Waals surface area contributed by atoms with Gasteiger partial charge in [-0.2, -0.15) is 0 Å². The molecule has 3 aromatic rings. The summed E-state index contributed by atoms with van der Waals surface area (Å²) in [5.74, 6) is -2.75. The minimum atomic E-state index is -1.29. The van der Waals surface area contributed by atoms with Crippen LogP contribution in [-0.4, -0.2) is 34.0 Å². The van der Waals surface area contributed by atoms with Gasteiger partial charge in [-0.3, -0.25) is 9.59 Å². The summed E-state index contributed by atoms with van der Waals surface area (Å²) in [6, 6.07) is 11.9. The highest BCUT2D eigenvalue weighted by Gasteiger charge is 2.17. The number of carboxylic acid groups (broad SMARTS) is 2. The first-order valence-electron chi connectivity index (χ1n) is 11.6. The van der Waals surface area contributed by atoms with Crippen LogP contribution in [-0.2, 0) is 14.3 Å². The summed E-state index contributed by atoms with van der Waals surface area (Å²) in [6.07, 6.45) is 12.6. The number of allylic oxidation sites excluding steroid dienone is 3. The lowest BCUT2D eigenvalue weighted by Gasteiger charge is -2.12. The van der Waals surface area contributed by atoms with E-state index in [1.54, 1.807) is 30.3 Å². The molecule has 2 aromatic carbocycles. The number of hydrogen-bond donors (Lipinski definition) is 4. The predicted octanol–water partition coefficient (Wildman–Crippen LogP) is 5.31. The summed E-state index contributed by atoms with van der Waals surface area (Å²) < 4.78 is 10.4. The molecule has 2 heterocycles. The molecule has 0 fully saturated rings. The van der Waals surface area contributed by atoms with Crippen LogP contribution in [0.1, 0.15) is 32.9 Å². The van der Waals surface area contributed by atoms with Gasteiger partial charge in [0.25, 0.3) is 0 Å². The molecular weight excluding hydrogens is 504 g/mol. The van der Waals surface area contributed by atoms with E-state index in [1.165, 1.54) is 61.1 Å². The van der Waals surface area contributed by atoms with Gasteiger partial charge in [-0.25, -0.2) is 9.59 Å². The van der Waals surface area contributed by atoms with Gasteiger partial charge in [-0.05, 0) is 78.3 Å². The Morgan fingerprint density at radius 3 is 1.87 bits per heavy atom. The molecule has 4 rings (SSSR count). The summed E-state index contributed by atoms with van der Waals surface area (Å²) in [7, 11) is 0. The van der Waals surface area contributed by atoms with Crippen molar-refractivity contribution in [3.05, 3.63) is 114 Å². The number of furan rings is 1. The van der Waals surface area contributed by atoms with Crippen LogP contribution in [0.5, 0.6) is 0 Å². The van der Waals surface area contributed by atoms with Crippen molar-refractivity contribution in [1.82, 2.24) is 0 Å². The summed E-state index contributed by atoms with van der Waals surface area (Å²) >= 11 is 0. The molecule has 10 nitrogen and oxygen atoms in total. The molecule has 0 bridgehead atoms. The first-order valence-corrected chi connectivity index (χ1v) is 11.6. The molecule has 0 radical (unpaired) electrons. The van der Waals surface area contributed by atoms with Crippen molar-refractivity contribution in [3.8, 4) is 11.1 Å². The number of carboxylic acids is 2. The summed E-state index contributed by atoms with van der Waals surface area (Å²) in [5, 5.41) is 24.5. The molecule has 1 aliphatic rings. The van der Waals surface area contributed by atoms with E-state index in [1.807, 2.05) is 6.08 Å². The molecule has 0 saturated carbocycles. The number of rotatable bonds is 9. The van der Waals surface area contributed by atoms with Crippen molar-refractivity contribution in [2.75, 3.05) is 10.6 Å². The van der Waals surface area contributed by atoms with Crippen LogP contribution >= 0.6 is 0 Å². The molecule has 1 aliphatic heterocycles. The average molecular weight is 527 g/mol. The quantitative estimate of drug-likeness (QED) is 0.274. The van der Waals surface area contributed by atoms with Crippen LogP contribution in [0.4, 0.5) is 11.4 Å². The molecule has 39 heavy (non-hydrogen) atoms. The molecule has 1 aromatic heterocycles. The summed E-state index contributed by atoms with van der Waals surface area (Å²) in [4.78, 5) is 48.4. The van der Waals surface area contributed by atoms with Crippen molar-refractivity contribution in [1.29, 1.82) is 0 Å². The van der Waals surface area contributed by atoms with Gasteiger partial charge in [0, 0.05) is 12.2 Å². The fraction of sp³-hybridized carbons (Fsp3) is 0.0345. The molecule has 2 amide bonds. The number of hydrogen-bond acceptors (Lipinski definition) is 6. The molecular formula is C29H22N2O8. The van der Waals surface area contributed by atoms with Gasteiger partial charge in [-0.15, -0.1) is 0 Å². The average Bonchev–Trinajstić information content (AvgIpc) is 3.45. The monoisotopic (exact) mass is 526 g/mol. The van der Waals surface area contributed by atoms with Gasteiger partial charge in [0.1, 0.15) is 11.5 Å². The fourth-order valence-corrected chi connectivity index (χ4v) is 3.59. The van der Waals surface area contributed by atoms with Crippen molar-refractivity contribution in [3.63, 3.8) is 0 Å². The lowest BCUT2D eigenvalue weighted by Crippen LogP contribution is -2.13. The van der Waals surface area contributed by atoms with E-state index in [-0.39, 0.29) is 22.5 Å². The molecule has 0 aliphatic carbocycles. The largest absolute Gasteiger partial charge is 0.478 e. The van der Waals surface area contributed by atoms with Crippen molar-refractivity contribution >= 4 is 41.2 Å². The highest BCUT2D eigenvalue weighted by molar-refractivity contribution is 6.07. The second-order valence-corrected chi connectivity index (χ2v) is 8.12. The maximum Gasteiger partial charge on any atom is 0.337 e. The number of nitrogens with one attached hydrogen (secondary N) is 2. The van der Waals surface area contributed by atoms with Crippen LogP contribution in [0.15, 0.2) is 102 Å². The van der Waals surface area contributed by atoms with E-state index in [0.29, 0.717) is 29.1 Å². The van der Waals surface area contributed by atoms with Gasteiger partial charge < -0.3 is 30.0 Å². The van der Waals surface area contributed by atoms with Crippen LogP contribution in [0.25, 0.3) is 17.2 Å². The lowest BCUT2D eigenvalue weighted by molar-refractivity contribution is -0.112. The van der Waals surface area contributed by atoms with Crippen LogP contribution < -0.4 is 10.6 Å². The van der Waals surface area contributed by atoms with E-state index in [2.05, 4.69) is 10.6 Å². The number of carbonyl (C=O) groups excluding carboxylic acids is 2. The fourth-order valence-electron chi connectivity index (χ4n) is 3.59. The molecule has 0 saturated heterocycles. The third-order valence-corrected chi connectivity index (χ3v) is 5.45. The zero-order valence-corrected chi connectivity index (χ0v) is 20.3. The molecule has 0 unspecified atom stereocenters. The number of anilines is 2. The second-order valence-electron chi connectivity index (χ2n) is 8.12. The number of amides is 2. The van der Waals surface area contributed by atoms with E-state index in [9.17, 15) is 29.4 Å². The number of carbonyl (C=O) groups is 4. The Morgan fingerprint density at radius 2 is 1.38 bits per heavy atom. The van der Waals surface area contributed by atoms with Gasteiger partial charge in [0.05, 0.1) is 35.0 Å². The van der Waals surface area contributed by atoms with Gasteiger partial charge >= 0.3 is 11.9 Å². The third kappa shape index (κ3) is 6.98. The Labute approximate surface area is 222 Å². The zero-order valence-electron chi connectivity index (χ0n) is 20.3. The normalized spacial score (nSPS) is 12.7. The van der Waals surface area contributed by atoms with Gasteiger partial charge in [0.2, 0.25) is 11.8 Å². The first-order chi connectivity index (χ1) is 18.8.